The molecule has 1 saturated heterocycles. The Hall–Kier alpha value is -1.41. The molecule has 1 amide bonds. The summed E-state index contributed by atoms with van der Waals surface area (Å²) < 4.78 is 22.9. The highest BCUT2D eigenvalue weighted by Gasteiger charge is 2.27. The summed E-state index contributed by atoms with van der Waals surface area (Å²) in [5.41, 5.74) is 0. The molecule has 1 atom stereocenters. The van der Waals surface area contributed by atoms with E-state index in [4.69, 9.17) is 5.11 Å². The third kappa shape index (κ3) is 5.39. The first-order chi connectivity index (χ1) is 8.84. The number of aliphatic carboxylic acids is 1. The summed E-state index contributed by atoms with van der Waals surface area (Å²) in [6.45, 7) is 3.50. The highest BCUT2D eigenvalue weighted by molar-refractivity contribution is 7.91. The van der Waals surface area contributed by atoms with E-state index < -0.39 is 34.3 Å². The second-order valence-electron chi connectivity index (χ2n) is 4.43. The SMILES string of the molecule is C=CCN(CC(=O)O)C(=O)CC1CS(=O)(=O)CCN1. The fraction of sp³-hybridized carbons (Fsp3) is 0.636. The molecule has 8 heteroatoms. The molecule has 1 rings (SSSR count). The number of carbonyl (C=O) groups is 2. The normalized spacial score (nSPS) is 21.6. The van der Waals surface area contributed by atoms with Gasteiger partial charge in [-0.25, -0.2) is 8.42 Å². The molecule has 0 aromatic heterocycles. The Balaban J connectivity index is 2.60. The minimum Gasteiger partial charge on any atom is -0.480 e. The van der Waals surface area contributed by atoms with Crippen LogP contribution in [0.1, 0.15) is 6.42 Å². The molecule has 1 heterocycles. The van der Waals surface area contributed by atoms with Crippen molar-refractivity contribution < 1.29 is 23.1 Å². The van der Waals surface area contributed by atoms with Crippen LogP contribution in [0.3, 0.4) is 0 Å². The van der Waals surface area contributed by atoms with Crippen molar-refractivity contribution in [3.05, 3.63) is 12.7 Å². The summed E-state index contributed by atoms with van der Waals surface area (Å²) in [5.74, 6) is -1.52. The lowest BCUT2D eigenvalue weighted by Gasteiger charge is -2.26. The van der Waals surface area contributed by atoms with Crippen LogP contribution in [0, 0.1) is 0 Å². The smallest absolute Gasteiger partial charge is 0.323 e. The van der Waals surface area contributed by atoms with Crippen LogP contribution >= 0.6 is 0 Å². The van der Waals surface area contributed by atoms with Gasteiger partial charge < -0.3 is 15.3 Å². The van der Waals surface area contributed by atoms with Crippen molar-refractivity contribution in [3.8, 4) is 0 Å². The van der Waals surface area contributed by atoms with Crippen molar-refractivity contribution in [1.82, 2.24) is 10.2 Å². The van der Waals surface area contributed by atoms with E-state index in [0.717, 1.165) is 4.90 Å². The first-order valence-corrected chi connectivity index (χ1v) is 7.70. The molecule has 0 aliphatic carbocycles. The van der Waals surface area contributed by atoms with Crippen molar-refractivity contribution >= 4 is 21.7 Å². The predicted molar refractivity (Wildman–Crippen MR) is 69.5 cm³/mol. The van der Waals surface area contributed by atoms with E-state index in [-0.39, 0.29) is 24.5 Å². The summed E-state index contributed by atoms with van der Waals surface area (Å²) in [6, 6.07) is -0.452. The first kappa shape index (κ1) is 15.6. The number of carboxylic acid groups (broad SMARTS) is 1. The molecule has 1 fully saturated rings. The molecule has 0 bridgehead atoms. The summed E-state index contributed by atoms with van der Waals surface area (Å²) in [7, 11) is -3.11. The van der Waals surface area contributed by atoms with Crippen LogP contribution in [0.4, 0.5) is 0 Å². The standard InChI is InChI=1S/C11H18N2O5S/c1-2-4-13(7-11(15)16)10(14)6-9-8-19(17,18)5-3-12-9/h2,9,12H,1,3-8H2,(H,15,16). The van der Waals surface area contributed by atoms with Gasteiger partial charge in [-0.3, -0.25) is 9.59 Å². The lowest BCUT2D eigenvalue weighted by Crippen LogP contribution is -2.48. The number of nitrogens with one attached hydrogen (secondary N) is 1. The van der Waals surface area contributed by atoms with Gasteiger partial charge in [0, 0.05) is 25.6 Å². The van der Waals surface area contributed by atoms with Crippen molar-refractivity contribution in [1.29, 1.82) is 0 Å². The van der Waals surface area contributed by atoms with Gasteiger partial charge in [0.05, 0.1) is 11.5 Å². The van der Waals surface area contributed by atoms with Crippen molar-refractivity contribution in [2.24, 2.45) is 0 Å². The second-order valence-corrected chi connectivity index (χ2v) is 6.65. The van der Waals surface area contributed by atoms with E-state index in [1.807, 2.05) is 0 Å². The molecular formula is C11H18N2O5S. The molecule has 2 N–H and O–H groups in total. The monoisotopic (exact) mass is 290 g/mol. The molecule has 108 valence electrons. The Morgan fingerprint density at radius 1 is 1.47 bits per heavy atom. The fourth-order valence-corrected chi connectivity index (χ4v) is 3.36. The number of hydrogen-bond donors (Lipinski definition) is 2. The van der Waals surface area contributed by atoms with E-state index in [2.05, 4.69) is 11.9 Å². The minimum absolute atomic E-state index is 0.0274. The molecule has 1 aliphatic rings. The zero-order valence-corrected chi connectivity index (χ0v) is 11.4. The topological polar surface area (TPSA) is 104 Å². The highest BCUT2D eigenvalue weighted by atomic mass is 32.2. The maximum absolute atomic E-state index is 11.9. The van der Waals surface area contributed by atoms with Gasteiger partial charge in [-0.05, 0) is 0 Å². The first-order valence-electron chi connectivity index (χ1n) is 5.88. The van der Waals surface area contributed by atoms with Gasteiger partial charge in [-0.2, -0.15) is 0 Å². The zero-order chi connectivity index (χ0) is 14.5. The van der Waals surface area contributed by atoms with Gasteiger partial charge in [-0.15, -0.1) is 6.58 Å². The summed E-state index contributed by atoms with van der Waals surface area (Å²) in [4.78, 5) is 23.7. The van der Waals surface area contributed by atoms with Gasteiger partial charge in [-0.1, -0.05) is 6.08 Å². The molecular weight excluding hydrogens is 272 g/mol. The Morgan fingerprint density at radius 3 is 2.68 bits per heavy atom. The number of sulfone groups is 1. The van der Waals surface area contributed by atoms with Crippen LogP contribution < -0.4 is 5.32 Å². The Bertz CT molecular complexity index is 460. The van der Waals surface area contributed by atoms with E-state index >= 15 is 0 Å². The van der Waals surface area contributed by atoms with Gasteiger partial charge in [0.15, 0.2) is 9.84 Å². The highest BCUT2D eigenvalue weighted by Crippen LogP contribution is 2.07. The number of hydrogen-bond acceptors (Lipinski definition) is 5. The van der Waals surface area contributed by atoms with Gasteiger partial charge in [0.2, 0.25) is 5.91 Å². The van der Waals surface area contributed by atoms with Crippen molar-refractivity contribution in [3.63, 3.8) is 0 Å². The van der Waals surface area contributed by atoms with Crippen LogP contribution in [0.5, 0.6) is 0 Å². The number of nitrogens with zero attached hydrogens (tertiary/aromatic N) is 1. The fourth-order valence-electron chi connectivity index (χ4n) is 1.91. The number of amides is 1. The molecule has 1 aliphatic heterocycles. The molecule has 0 radical (unpaired) electrons. The van der Waals surface area contributed by atoms with Crippen molar-refractivity contribution in [2.45, 2.75) is 12.5 Å². The van der Waals surface area contributed by atoms with Crippen molar-refractivity contribution in [2.75, 3.05) is 31.1 Å². The van der Waals surface area contributed by atoms with Gasteiger partial charge in [0.1, 0.15) is 6.54 Å². The van der Waals surface area contributed by atoms with Gasteiger partial charge >= 0.3 is 5.97 Å². The number of carboxylic acids is 1. The van der Waals surface area contributed by atoms with E-state index in [1.165, 1.54) is 6.08 Å². The second kappa shape index (κ2) is 6.67. The molecule has 1 unspecified atom stereocenters. The van der Waals surface area contributed by atoms with Crippen LogP contribution in [0.15, 0.2) is 12.7 Å². The summed E-state index contributed by atoms with van der Waals surface area (Å²) in [5, 5.41) is 11.7. The average Bonchev–Trinajstić information content (AvgIpc) is 2.26. The predicted octanol–water partition coefficient (Wildman–Crippen LogP) is -1.14. The quantitative estimate of drug-likeness (QED) is 0.599. The van der Waals surface area contributed by atoms with Gasteiger partial charge in [0.25, 0.3) is 0 Å². The molecule has 0 aromatic rings. The Labute approximate surface area is 112 Å². The third-order valence-corrected chi connectivity index (χ3v) is 4.49. The average molecular weight is 290 g/mol. The number of carbonyl (C=O) groups excluding carboxylic acids is 1. The Morgan fingerprint density at radius 2 is 2.16 bits per heavy atom. The molecule has 0 aromatic carbocycles. The lowest BCUT2D eigenvalue weighted by molar-refractivity contribution is -0.144. The zero-order valence-electron chi connectivity index (χ0n) is 10.5. The van der Waals surface area contributed by atoms with Crippen LogP contribution in [-0.4, -0.2) is 67.5 Å². The molecule has 0 saturated carbocycles. The summed E-state index contributed by atoms with van der Waals surface area (Å²) in [6.07, 6.45) is 1.41. The maximum Gasteiger partial charge on any atom is 0.323 e. The lowest BCUT2D eigenvalue weighted by atomic mass is 10.2. The number of rotatable bonds is 6. The maximum atomic E-state index is 11.9. The Kier molecular flexibility index (Phi) is 5.49. The van der Waals surface area contributed by atoms with E-state index in [9.17, 15) is 18.0 Å². The minimum atomic E-state index is -3.11. The van der Waals surface area contributed by atoms with Crippen LogP contribution in [0.2, 0.25) is 0 Å². The third-order valence-electron chi connectivity index (χ3n) is 2.75. The molecule has 19 heavy (non-hydrogen) atoms. The molecule has 0 spiro atoms. The van der Waals surface area contributed by atoms with Crippen LogP contribution in [0.25, 0.3) is 0 Å². The summed E-state index contributed by atoms with van der Waals surface area (Å²) >= 11 is 0. The van der Waals surface area contributed by atoms with E-state index in [0.29, 0.717) is 6.54 Å². The van der Waals surface area contributed by atoms with E-state index in [1.54, 1.807) is 0 Å². The largest absolute Gasteiger partial charge is 0.480 e. The van der Waals surface area contributed by atoms with Crippen LogP contribution in [-0.2, 0) is 19.4 Å². The molecule has 7 nitrogen and oxygen atoms in total.